The highest BCUT2D eigenvalue weighted by molar-refractivity contribution is 9.10. The van der Waals surface area contributed by atoms with E-state index in [0.717, 1.165) is 15.9 Å². The van der Waals surface area contributed by atoms with Crippen molar-refractivity contribution in [2.45, 2.75) is 19.1 Å². The maximum absolute atomic E-state index is 8.82. The summed E-state index contributed by atoms with van der Waals surface area (Å²) in [6.07, 6.45) is -0.413. The summed E-state index contributed by atoms with van der Waals surface area (Å²) in [5, 5.41) is 12.0. The molecule has 0 aromatic heterocycles. The molecule has 1 aromatic rings. The quantitative estimate of drug-likeness (QED) is 0.772. The summed E-state index contributed by atoms with van der Waals surface area (Å²) < 4.78 is 6.50. The molecule has 3 nitrogen and oxygen atoms in total. The van der Waals surface area contributed by atoms with E-state index in [9.17, 15) is 0 Å². The lowest BCUT2D eigenvalue weighted by Crippen LogP contribution is -2.38. The van der Waals surface area contributed by atoms with Crippen LogP contribution in [-0.4, -0.2) is 12.1 Å². The molecule has 1 aromatic carbocycles. The lowest BCUT2D eigenvalue weighted by molar-refractivity contribution is 0.227. The van der Waals surface area contributed by atoms with Crippen molar-refractivity contribution in [2.24, 2.45) is 0 Å². The predicted octanol–water partition coefficient (Wildman–Crippen LogP) is 2.53. The van der Waals surface area contributed by atoms with Gasteiger partial charge in [0.05, 0.1) is 11.7 Å². The van der Waals surface area contributed by atoms with Gasteiger partial charge in [-0.15, -0.1) is 0 Å². The van der Waals surface area contributed by atoms with Gasteiger partial charge in [-0.25, -0.2) is 0 Å². The first-order chi connectivity index (χ1) is 6.70. The minimum atomic E-state index is -0.413. The Bertz CT molecular complexity index is 400. The van der Waals surface area contributed by atoms with Crippen LogP contribution in [0.15, 0.2) is 22.7 Å². The fourth-order valence-corrected chi connectivity index (χ4v) is 1.78. The van der Waals surface area contributed by atoms with Crippen LogP contribution in [0.4, 0.5) is 5.69 Å². The van der Waals surface area contributed by atoms with Gasteiger partial charge in [0.25, 0.3) is 0 Å². The van der Waals surface area contributed by atoms with E-state index < -0.39 is 6.10 Å². The van der Waals surface area contributed by atoms with Crippen molar-refractivity contribution < 1.29 is 4.74 Å². The maximum atomic E-state index is 8.82. The summed E-state index contributed by atoms with van der Waals surface area (Å²) in [5.74, 6) is 0.734. The number of fused-ring (bicyclic) bond motifs is 1. The molecule has 2 atom stereocenters. The number of nitrogens with zero attached hydrogens (tertiary/aromatic N) is 1. The summed E-state index contributed by atoms with van der Waals surface area (Å²) in [6.45, 7) is 1.93. The Morgan fingerprint density at radius 1 is 1.57 bits per heavy atom. The zero-order valence-corrected chi connectivity index (χ0v) is 9.21. The SMILES string of the molecule is CC1Nc2cc(Br)ccc2OC1C#N. The van der Waals surface area contributed by atoms with Crippen molar-refractivity contribution in [3.63, 3.8) is 0 Å². The Hall–Kier alpha value is -1.21. The number of nitrogens with one attached hydrogen (secondary N) is 1. The molecule has 2 unspecified atom stereocenters. The number of halogens is 1. The van der Waals surface area contributed by atoms with Crippen LogP contribution in [-0.2, 0) is 0 Å². The van der Waals surface area contributed by atoms with Gasteiger partial charge in [0.1, 0.15) is 11.8 Å². The summed E-state index contributed by atoms with van der Waals surface area (Å²) in [4.78, 5) is 0. The van der Waals surface area contributed by atoms with Gasteiger partial charge in [0, 0.05) is 4.47 Å². The van der Waals surface area contributed by atoms with Crippen LogP contribution in [0.5, 0.6) is 5.75 Å². The number of ether oxygens (including phenoxy) is 1. The maximum Gasteiger partial charge on any atom is 0.204 e. The van der Waals surface area contributed by atoms with Crippen LogP contribution in [0, 0.1) is 11.3 Å². The minimum Gasteiger partial charge on any atom is -0.471 e. The Morgan fingerprint density at radius 2 is 2.36 bits per heavy atom. The topological polar surface area (TPSA) is 45.0 Å². The molecule has 1 heterocycles. The van der Waals surface area contributed by atoms with Crippen molar-refractivity contribution in [1.82, 2.24) is 0 Å². The highest BCUT2D eigenvalue weighted by atomic mass is 79.9. The number of benzene rings is 1. The Kier molecular flexibility index (Phi) is 2.34. The standard InChI is InChI=1S/C10H9BrN2O/c1-6-10(5-12)14-9-3-2-7(11)4-8(9)13-6/h2-4,6,10,13H,1H3. The molecule has 0 saturated heterocycles. The predicted molar refractivity (Wildman–Crippen MR) is 57.3 cm³/mol. The summed E-state index contributed by atoms with van der Waals surface area (Å²) in [6, 6.07) is 7.82. The van der Waals surface area contributed by atoms with E-state index in [0.29, 0.717) is 0 Å². The van der Waals surface area contributed by atoms with Crippen LogP contribution in [0.25, 0.3) is 0 Å². The van der Waals surface area contributed by atoms with Crippen LogP contribution in [0.3, 0.4) is 0 Å². The molecular weight excluding hydrogens is 244 g/mol. The van der Waals surface area contributed by atoms with Crippen molar-refractivity contribution >= 4 is 21.6 Å². The second-order valence-electron chi connectivity index (χ2n) is 3.24. The van der Waals surface area contributed by atoms with E-state index in [1.807, 2.05) is 25.1 Å². The zero-order valence-electron chi connectivity index (χ0n) is 7.62. The first kappa shape index (κ1) is 9.35. The lowest BCUT2D eigenvalue weighted by Gasteiger charge is -2.28. The number of rotatable bonds is 0. The van der Waals surface area contributed by atoms with E-state index in [2.05, 4.69) is 27.3 Å². The van der Waals surface area contributed by atoms with Crippen LogP contribution >= 0.6 is 15.9 Å². The molecule has 14 heavy (non-hydrogen) atoms. The molecule has 2 rings (SSSR count). The molecule has 0 bridgehead atoms. The lowest BCUT2D eigenvalue weighted by atomic mass is 10.1. The molecule has 1 aliphatic rings. The van der Waals surface area contributed by atoms with Gasteiger partial charge in [0.2, 0.25) is 6.10 Å². The number of hydrogen-bond acceptors (Lipinski definition) is 3. The Balaban J connectivity index is 2.36. The molecule has 0 amide bonds. The van der Waals surface area contributed by atoms with E-state index >= 15 is 0 Å². The van der Waals surface area contributed by atoms with Gasteiger partial charge in [-0.3, -0.25) is 0 Å². The summed E-state index contributed by atoms with van der Waals surface area (Å²) in [7, 11) is 0. The summed E-state index contributed by atoms with van der Waals surface area (Å²) >= 11 is 3.38. The van der Waals surface area contributed by atoms with Crippen molar-refractivity contribution in [2.75, 3.05) is 5.32 Å². The van der Waals surface area contributed by atoms with E-state index in [-0.39, 0.29) is 6.04 Å². The smallest absolute Gasteiger partial charge is 0.204 e. The monoisotopic (exact) mass is 252 g/mol. The number of anilines is 1. The fourth-order valence-electron chi connectivity index (χ4n) is 1.42. The Morgan fingerprint density at radius 3 is 3.07 bits per heavy atom. The number of hydrogen-bond donors (Lipinski definition) is 1. The van der Waals surface area contributed by atoms with Crippen molar-refractivity contribution in [3.05, 3.63) is 22.7 Å². The molecule has 0 saturated carbocycles. The molecular formula is C10H9BrN2O. The van der Waals surface area contributed by atoms with Gasteiger partial charge in [-0.05, 0) is 25.1 Å². The second-order valence-corrected chi connectivity index (χ2v) is 4.16. The van der Waals surface area contributed by atoms with Gasteiger partial charge in [-0.2, -0.15) is 5.26 Å². The van der Waals surface area contributed by atoms with Crippen LogP contribution in [0.1, 0.15) is 6.92 Å². The highest BCUT2D eigenvalue weighted by Crippen LogP contribution is 2.33. The third kappa shape index (κ3) is 1.55. The molecule has 0 fully saturated rings. The molecule has 0 aliphatic carbocycles. The third-order valence-electron chi connectivity index (χ3n) is 2.16. The van der Waals surface area contributed by atoms with Gasteiger partial charge in [-0.1, -0.05) is 15.9 Å². The summed E-state index contributed by atoms with van der Waals surface area (Å²) in [5.41, 5.74) is 0.929. The van der Waals surface area contributed by atoms with Crippen LogP contribution < -0.4 is 10.1 Å². The zero-order chi connectivity index (χ0) is 10.1. The first-order valence-corrected chi connectivity index (χ1v) is 5.12. The van der Waals surface area contributed by atoms with E-state index in [1.54, 1.807) is 0 Å². The molecule has 1 aliphatic heterocycles. The van der Waals surface area contributed by atoms with Crippen LogP contribution in [0.2, 0.25) is 0 Å². The average Bonchev–Trinajstić information content (AvgIpc) is 2.16. The second kappa shape index (κ2) is 3.50. The normalized spacial score (nSPS) is 24.1. The molecule has 72 valence electrons. The van der Waals surface area contributed by atoms with Crippen molar-refractivity contribution in [1.29, 1.82) is 5.26 Å². The molecule has 0 radical (unpaired) electrons. The van der Waals surface area contributed by atoms with Crippen molar-refractivity contribution in [3.8, 4) is 11.8 Å². The van der Waals surface area contributed by atoms with Gasteiger partial charge < -0.3 is 10.1 Å². The fraction of sp³-hybridized carbons (Fsp3) is 0.300. The minimum absolute atomic E-state index is 0.0156. The first-order valence-electron chi connectivity index (χ1n) is 4.33. The van der Waals surface area contributed by atoms with Gasteiger partial charge in [0.15, 0.2) is 0 Å². The molecule has 4 heteroatoms. The average molecular weight is 253 g/mol. The van der Waals surface area contributed by atoms with E-state index in [4.69, 9.17) is 10.00 Å². The van der Waals surface area contributed by atoms with E-state index in [1.165, 1.54) is 0 Å². The molecule has 0 spiro atoms. The third-order valence-corrected chi connectivity index (χ3v) is 2.65. The highest BCUT2D eigenvalue weighted by Gasteiger charge is 2.25. The number of nitriles is 1. The molecule has 1 N–H and O–H groups in total. The Labute approximate surface area is 90.8 Å². The largest absolute Gasteiger partial charge is 0.471 e. The van der Waals surface area contributed by atoms with Gasteiger partial charge >= 0.3 is 0 Å².